The van der Waals surface area contributed by atoms with E-state index in [2.05, 4.69) is 10.6 Å². The zero-order valence-electron chi connectivity index (χ0n) is 17.0. The molecule has 1 atom stereocenters. The number of halogens is 1. The molecule has 1 heterocycles. The summed E-state index contributed by atoms with van der Waals surface area (Å²) in [5, 5.41) is 5.34. The van der Waals surface area contributed by atoms with Crippen LogP contribution in [0.3, 0.4) is 0 Å². The molecule has 10 heteroatoms. The summed E-state index contributed by atoms with van der Waals surface area (Å²) in [7, 11) is -3.92. The molecular weight excluding hydrogens is 425 g/mol. The van der Waals surface area contributed by atoms with Crippen LogP contribution in [0.15, 0.2) is 53.4 Å². The highest BCUT2D eigenvalue weighted by atomic mass is 32.2. The van der Waals surface area contributed by atoms with Crippen LogP contribution in [-0.2, 0) is 19.6 Å². The Morgan fingerprint density at radius 3 is 2.45 bits per heavy atom. The van der Waals surface area contributed by atoms with E-state index in [4.69, 9.17) is 4.74 Å². The van der Waals surface area contributed by atoms with Crippen LogP contribution in [0.2, 0.25) is 0 Å². The van der Waals surface area contributed by atoms with E-state index in [-0.39, 0.29) is 24.0 Å². The third-order valence-corrected chi connectivity index (χ3v) is 6.71. The van der Waals surface area contributed by atoms with Crippen molar-refractivity contribution in [1.29, 1.82) is 0 Å². The van der Waals surface area contributed by atoms with Crippen LogP contribution in [0, 0.1) is 5.82 Å². The van der Waals surface area contributed by atoms with Crippen LogP contribution in [0.25, 0.3) is 0 Å². The minimum absolute atomic E-state index is 0.0535. The molecule has 0 saturated carbocycles. The standard InChI is InChI=1S/C21H24FN3O5S/c1-2-23-20(26)14-30-17-9-7-16(8-10-17)24-21(27)19-4-3-13-25(19)31(28,29)18-11-5-15(22)6-12-18/h5-12,19H,2-4,13-14H2,1H3,(H,23,26)(H,24,27). The molecule has 0 aliphatic carbocycles. The smallest absolute Gasteiger partial charge is 0.257 e. The Balaban J connectivity index is 1.64. The Bertz CT molecular complexity index is 1030. The molecule has 1 aliphatic heterocycles. The molecule has 8 nitrogen and oxygen atoms in total. The molecule has 2 N–H and O–H groups in total. The second kappa shape index (κ2) is 9.88. The Labute approximate surface area is 180 Å². The lowest BCUT2D eigenvalue weighted by atomic mass is 10.2. The van der Waals surface area contributed by atoms with Crippen molar-refractivity contribution in [3.63, 3.8) is 0 Å². The highest BCUT2D eigenvalue weighted by Gasteiger charge is 2.39. The lowest BCUT2D eigenvalue weighted by molar-refractivity contribution is -0.123. The molecule has 2 aromatic rings. The summed E-state index contributed by atoms with van der Waals surface area (Å²) in [6.45, 7) is 2.43. The van der Waals surface area contributed by atoms with Crippen LogP contribution < -0.4 is 15.4 Å². The first kappa shape index (κ1) is 22.7. The van der Waals surface area contributed by atoms with Crippen LogP contribution in [0.4, 0.5) is 10.1 Å². The minimum Gasteiger partial charge on any atom is -0.484 e. The molecular formula is C21H24FN3O5S. The first-order valence-corrected chi connectivity index (χ1v) is 11.3. The maximum atomic E-state index is 13.1. The van der Waals surface area contributed by atoms with Crippen molar-refractivity contribution in [3.8, 4) is 5.75 Å². The van der Waals surface area contributed by atoms with Gasteiger partial charge in [-0.1, -0.05) is 0 Å². The molecule has 31 heavy (non-hydrogen) atoms. The van der Waals surface area contributed by atoms with Crippen molar-refractivity contribution in [3.05, 3.63) is 54.3 Å². The summed E-state index contributed by atoms with van der Waals surface area (Å²) in [6, 6.07) is 10.1. The molecule has 2 aromatic carbocycles. The van der Waals surface area contributed by atoms with Crippen LogP contribution in [0.1, 0.15) is 19.8 Å². The van der Waals surface area contributed by atoms with E-state index in [0.717, 1.165) is 16.4 Å². The molecule has 0 aromatic heterocycles. The average Bonchev–Trinajstić information content (AvgIpc) is 3.25. The predicted octanol–water partition coefficient (Wildman–Crippen LogP) is 2.13. The normalized spacial score (nSPS) is 16.6. The van der Waals surface area contributed by atoms with Crippen molar-refractivity contribution in [2.75, 3.05) is 25.0 Å². The number of carbonyl (C=O) groups is 2. The topological polar surface area (TPSA) is 105 Å². The first-order valence-electron chi connectivity index (χ1n) is 9.89. The highest BCUT2D eigenvalue weighted by molar-refractivity contribution is 7.89. The number of ether oxygens (including phenoxy) is 1. The summed E-state index contributed by atoms with van der Waals surface area (Å²) < 4.78 is 45.5. The molecule has 1 fully saturated rings. The van der Waals surface area contributed by atoms with Crippen LogP contribution >= 0.6 is 0 Å². The summed E-state index contributed by atoms with van der Waals surface area (Å²) in [5.41, 5.74) is 0.474. The average molecular weight is 450 g/mol. The van der Waals surface area contributed by atoms with E-state index in [0.29, 0.717) is 30.8 Å². The van der Waals surface area contributed by atoms with Gasteiger partial charge in [0, 0.05) is 18.8 Å². The maximum absolute atomic E-state index is 13.1. The summed E-state index contributed by atoms with van der Waals surface area (Å²) in [5.74, 6) is -0.749. The maximum Gasteiger partial charge on any atom is 0.257 e. The molecule has 0 radical (unpaired) electrons. The zero-order chi connectivity index (χ0) is 22.4. The third-order valence-electron chi connectivity index (χ3n) is 4.79. The fourth-order valence-corrected chi connectivity index (χ4v) is 4.95. The summed E-state index contributed by atoms with van der Waals surface area (Å²) >= 11 is 0. The molecule has 0 bridgehead atoms. The number of likely N-dealkylation sites (N-methyl/N-ethyl adjacent to an activating group) is 1. The highest BCUT2D eigenvalue weighted by Crippen LogP contribution is 2.27. The Morgan fingerprint density at radius 1 is 1.13 bits per heavy atom. The minimum atomic E-state index is -3.92. The summed E-state index contributed by atoms with van der Waals surface area (Å²) in [6.07, 6.45) is 0.936. The lowest BCUT2D eigenvalue weighted by Crippen LogP contribution is -2.43. The number of benzene rings is 2. The largest absolute Gasteiger partial charge is 0.484 e. The number of hydrogen-bond donors (Lipinski definition) is 2. The Kier molecular flexibility index (Phi) is 7.24. The van der Waals surface area contributed by atoms with Crippen molar-refractivity contribution < 1.29 is 27.1 Å². The van der Waals surface area contributed by atoms with E-state index in [9.17, 15) is 22.4 Å². The number of hydrogen-bond acceptors (Lipinski definition) is 5. The quantitative estimate of drug-likeness (QED) is 0.643. The van der Waals surface area contributed by atoms with Crippen molar-refractivity contribution in [2.24, 2.45) is 0 Å². The van der Waals surface area contributed by atoms with Gasteiger partial charge in [-0.25, -0.2) is 12.8 Å². The van der Waals surface area contributed by atoms with E-state index in [1.807, 2.05) is 6.92 Å². The van der Waals surface area contributed by atoms with Gasteiger partial charge < -0.3 is 15.4 Å². The first-order chi connectivity index (χ1) is 14.8. The molecule has 3 rings (SSSR count). The molecule has 1 aliphatic rings. The second-order valence-electron chi connectivity index (χ2n) is 6.98. The van der Waals surface area contributed by atoms with Crippen molar-refractivity contribution >= 4 is 27.5 Å². The Morgan fingerprint density at radius 2 is 1.81 bits per heavy atom. The van der Waals surface area contributed by atoms with E-state index in [1.54, 1.807) is 24.3 Å². The Hall–Kier alpha value is -2.98. The molecule has 166 valence electrons. The van der Waals surface area contributed by atoms with Gasteiger partial charge in [0.1, 0.15) is 17.6 Å². The SMILES string of the molecule is CCNC(=O)COc1ccc(NC(=O)C2CCCN2S(=O)(=O)c2ccc(F)cc2)cc1. The number of nitrogens with one attached hydrogen (secondary N) is 2. The third kappa shape index (κ3) is 5.59. The number of nitrogens with zero attached hydrogens (tertiary/aromatic N) is 1. The van der Waals surface area contributed by atoms with Gasteiger partial charge in [-0.05, 0) is 68.3 Å². The number of sulfonamides is 1. The van der Waals surface area contributed by atoms with E-state index >= 15 is 0 Å². The molecule has 2 amide bonds. The number of carbonyl (C=O) groups excluding carboxylic acids is 2. The number of anilines is 1. The van der Waals surface area contributed by atoms with Crippen LogP contribution in [-0.4, -0.2) is 50.3 Å². The molecule has 1 unspecified atom stereocenters. The van der Waals surface area contributed by atoms with Gasteiger partial charge in [0.2, 0.25) is 15.9 Å². The number of amides is 2. The summed E-state index contributed by atoms with van der Waals surface area (Å²) in [4.78, 5) is 24.2. The van der Waals surface area contributed by atoms with Gasteiger partial charge in [0.05, 0.1) is 4.90 Å². The van der Waals surface area contributed by atoms with Gasteiger partial charge >= 0.3 is 0 Å². The van der Waals surface area contributed by atoms with E-state index in [1.165, 1.54) is 12.1 Å². The van der Waals surface area contributed by atoms with Gasteiger partial charge in [-0.3, -0.25) is 9.59 Å². The predicted molar refractivity (Wildman–Crippen MR) is 113 cm³/mol. The van der Waals surface area contributed by atoms with Crippen molar-refractivity contribution in [2.45, 2.75) is 30.7 Å². The number of rotatable bonds is 8. The molecule has 0 spiro atoms. The van der Waals surface area contributed by atoms with Crippen molar-refractivity contribution in [1.82, 2.24) is 9.62 Å². The van der Waals surface area contributed by atoms with Gasteiger partial charge in [0.25, 0.3) is 5.91 Å². The fourth-order valence-electron chi connectivity index (χ4n) is 3.29. The van der Waals surface area contributed by atoms with Gasteiger partial charge in [0.15, 0.2) is 6.61 Å². The van der Waals surface area contributed by atoms with Gasteiger partial charge in [-0.15, -0.1) is 0 Å². The zero-order valence-corrected chi connectivity index (χ0v) is 17.8. The fraction of sp³-hybridized carbons (Fsp3) is 0.333. The van der Waals surface area contributed by atoms with Gasteiger partial charge in [-0.2, -0.15) is 4.31 Å². The lowest BCUT2D eigenvalue weighted by Gasteiger charge is -2.23. The second-order valence-corrected chi connectivity index (χ2v) is 8.87. The monoisotopic (exact) mass is 449 g/mol. The molecule has 1 saturated heterocycles. The van der Waals surface area contributed by atoms with E-state index < -0.39 is 27.8 Å². The van der Waals surface area contributed by atoms with Crippen LogP contribution in [0.5, 0.6) is 5.75 Å².